The number of amides is 1. The summed E-state index contributed by atoms with van der Waals surface area (Å²) in [6, 6.07) is 7.07. The van der Waals surface area contributed by atoms with Crippen LogP contribution in [0.3, 0.4) is 0 Å². The molecule has 2 rings (SSSR count). The Labute approximate surface area is 118 Å². The van der Waals surface area contributed by atoms with Gasteiger partial charge < -0.3 is 15.8 Å². The average Bonchev–Trinajstić information content (AvgIpc) is 2.41. The molecule has 2 unspecified atom stereocenters. The second-order valence-corrected chi connectivity index (χ2v) is 5.30. The maximum absolute atomic E-state index is 11.8. The number of halogens is 1. The van der Waals surface area contributed by atoms with Crippen LogP contribution in [0.25, 0.3) is 0 Å². The fraction of sp³-hybridized carbons (Fsp3) is 0.500. The van der Waals surface area contributed by atoms with Gasteiger partial charge in [0.05, 0.1) is 0 Å². The predicted molar refractivity (Wildman–Crippen MR) is 75.3 cm³/mol. The summed E-state index contributed by atoms with van der Waals surface area (Å²) in [4.78, 5) is 11.8. The lowest BCUT2D eigenvalue weighted by atomic mass is 9.91. The van der Waals surface area contributed by atoms with Gasteiger partial charge in [-0.05, 0) is 37.1 Å². The topological polar surface area (TPSA) is 64.3 Å². The van der Waals surface area contributed by atoms with Crippen molar-refractivity contribution in [1.29, 1.82) is 0 Å². The highest BCUT2D eigenvalue weighted by atomic mass is 35.5. The number of hydrogen-bond donors (Lipinski definition) is 2. The highest BCUT2D eigenvalue weighted by Crippen LogP contribution is 2.17. The molecule has 0 radical (unpaired) electrons. The van der Waals surface area contributed by atoms with Crippen LogP contribution in [0.2, 0.25) is 5.02 Å². The lowest BCUT2D eigenvalue weighted by molar-refractivity contribution is -0.124. The molecular weight excluding hydrogens is 264 g/mol. The first-order valence-electron chi connectivity index (χ1n) is 6.58. The molecule has 2 atom stereocenters. The van der Waals surface area contributed by atoms with Crippen molar-refractivity contribution in [2.75, 3.05) is 6.61 Å². The Morgan fingerprint density at radius 2 is 2.00 bits per heavy atom. The zero-order chi connectivity index (χ0) is 13.7. The van der Waals surface area contributed by atoms with Crippen LogP contribution in [0.1, 0.15) is 25.7 Å². The van der Waals surface area contributed by atoms with Crippen LogP contribution in [-0.4, -0.2) is 24.6 Å². The summed E-state index contributed by atoms with van der Waals surface area (Å²) >= 11 is 5.77. The zero-order valence-corrected chi connectivity index (χ0v) is 11.5. The smallest absolute Gasteiger partial charge is 0.258 e. The summed E-state index contributed by atoms with van der Waals surface area (Å²) in [5.41, 5.74) is 5.98. The third-order valence-electron chi connectivity index (χ3n) is 3.35. The van der Waals surface area contributed by atoms with Crippen LogP contribution in [0.4, 0.5) is 0 Å². The molecule has 5 heteroatoms. The zero-order valence-electron chi connectivity index (χ0n) is 10.8. The van der Waals surface area contributed by atoms with Gasteiger partial charge in [-0.15, -0.1) is 0 Å². The molecule has 0 aliphatic heterocycles. The average molecular weight is 283 g/mol. The number of ether oxygens (including phenoxy) is 1. The maximum atomic E-state index is 11.8. The van der Waals surface area contributed by atoms with E-state index in [0.717, 1.165) is 25.7 Å². The molecule has 0 aromatic heterocycles. The standard InChI is InChI=1S/C14H19ClN2O2/c15-10-5-7-11(8-6-10)19-9-14(18)17-13-4-2-1-3-12(13)16/h5-8,12-13H,1-4,9,16H2,(H,17,18). The van der Waals surface area contributed by atoms with E-state index in [9.17, 15) is 4.79 Å². The van der Waals surface area contributed by atoms with Crippen molar-refractivity contribution in [2.45, 2.75) is 37.8 Å². The number of carbonyl (C=O) groups is 1. The van der Waals surface area contributed by atoms with E-state index >= 15 is 0 Å². The minimum atomic E-state index is -0.127. The first-order valence-corrected chi connectivity index (χ1v) is 6.96. The molecule has 1 aliphatic rings. The molecular formula is C14H19ClN2O2. The van der Waals surface area contributed by atoms with E-state index < -0.39 is 0 Å². The summed E-state index contributed by atoms with van der Waals surface area (Å²) < 4.78 is 5.39. The first-order chi connectivity index (χ1) is 9.15. The number of nitrogens with one attached hydrogen (secondary N) is 1. The molecule has 1 fully saturated rings. The highest BCUT2D eigenvalue weighted by molar-refractivity contribution is 6.30. The molecule has 4 nitrogen and oxygen atoms in total. The van der Waals surface area contributed by atoms with Gasteiger partial charge in [0.25, 0.3) is 5.91 Å². The van der Waals surface area contributed by atoms with Gasteiger partial charge in [0.15, 0.2) is 6.61 Å². The van der Waals surface area contributed by atoms with Gasteiger partial charge in [-0.1, -0.05) is 24.4 Å². The highest BCUT2D eigenvalue weighted by Gasteiger charge is 2.23. The van der Waals surface area contributed by atoms with E-state index in [1.54, 1.807) is 24.3 Å². The van der Waals surface area contributed by atoms with Crippen LogP contribution < -0.4 is 15.8 Å². The van der Waals surface area contributed by atoms with Crippen molar-refractivity contribution in [3.05, 3.63) is 29.3 Å². The minimum Gasteiger partial charge on any atom is -0.484 e. The maximum Gasteiger partial charge on any atom is 0.258 e. The summed E-state index contributed by atoms with van der Waals surface area (Å²) in [5, 5.41) is 3.58. The van der Waals surface area contributed by atoms with Gasteiger partial charge in [0.1, 0.15) is 5.75 Å². The Balaban J connectivity index is 1.76. The van der Waals surface area contributed by atoms with Crippen molar-refractivity contribution in [2.24, 2.45) is 5.73 Å². The molecule has 1 aromatic carbocycles. The fourth-order valence-corrected chi connectivity index (χ4v) is 2.39. The molecule has 0 heterocycles. The monoisotopic (exact) mass is 282 g/mol. The van der Waals surface area contributed by atoms with Gasteiger partial charge in [-0.25, -0.2) is 0 Å². The van der Waals surface area contributed by atoms with Crippen LogP contribution in [-0.2, 0) is 4.79 Å². The minimum absolute atomic E-state index is 0.00481. The van der Waals surface area contributed by atoms with Crippen molar-refractivity contribution in [3.8, 4) is 5.75 Å². The van der Waals surface area contributed by atoms with Gasteiger partial charge in [0, 0.05) is 17.1 Å². The van der Waals surface area contributed by atoms with E-state index in [2.05, 4.69) is 5.32 Å². The second kappa shape index (κ2) is 6.78. The Morgan fingerprint density at radius 3 is 2.68 bits per heavy atom. The van der Waals surface area contributed by atoms with Crippen LogP contribution in [0, 0.1) is 0 Å². The Hall–Kier alpha value is -1.26. The molecule has 1 saturated carbocycles. The number of carbonyl (C=O) groups excluding carboxylic acids is 1. The number of hydrogen-bond acceptors (Lipinski definition) is 3. The Morgan fingerprint density at radius 1 is 1.32 bits per heavy atom. The van der Waals surface area contributed by atoms with E-state index in [1.165, 1.54) is 0 Å². The van der Waals surface area contributed by atoms with Gasteiger partial charge in [-0.2, -0.15) is 0 Å². The third-order valence-corrected chi connectivity index (χ3v) is 3.60. The molecule has 19 heavy (non-hydrogen) atoms. The predicted octanol–water partition coefficient (Wildman–Crippen LogP) is 2.10. The summed E-state index contributed by atoms with van der Waals surface area (Å²) in [7, 11) is 0. The molecule has 0 saturated heterocycles. The van der Waals surface area contributed by atoms with Crippen LogP contribution >= 0.6 is 11.6 Å². The molecule has 0 bridgehead atoms. The van der Waals surface area contributed by atoms with Crippen molar-refractivity contribution in [3.63, 3.8) is 0 Å². The van der Waals surface area contributed by atoms with Crippen LogP contribution in [0.5, 0.6) is 5.75 Å². The second-order valence-electron chi connectivity index (χ2n) is 4.86. The summed E-state index contributed by atoms with van der Waals surface area (Å²) in [6.45, 7) is 0.00481. The van der Waals surface area contributed by atoms with Gasteiger partial charge in [-0.3, -0.25) is 4.79 Å². The Bertz CT molecular complexity index is 422. The van der Waals surface area contributed by atoms with Crippen molar-refractivity contribution in [1.82, 2.24) is 5.32 Å². The molecule has 3 N–H and O–H groups in total. The lowest BCUT2D eigenvalue weighted by Gasteiger charge is -2.29. The normalized spacial score (nSPS) is 22.8. The molecule has 1 amide bonds. The molecule has 104 valence electrons. The van der Waals surface area contributed by atoms with E-state index in [-0.39, 0.29) is 24.6 Å². The fourth-order valence-electron chi connectivity index (χ4n) is 2.27. The number of rotatable bonds is 4. The molecule has 1 aromatic rings. The van der Waals surface area contributed by atoms with Crippen molar-refractivity contribution < 1.29 is 9.53 Å². The molecule has 0 spiro atoms. The van der Waals surface area contributed by atoms with Gasteiger partial charge in [0.2, 0.25) is 0 Å². The van der Waals surface area contributed by atoms with E-state index in [0.29, 0.717) is 10.8 Å². The first kappa shape index (κ1) is 14.2. The SMILES string of the molecule is NC1CCCCC1NC(=O)COc1ccc(Cl)cc1. The van der Waals surface area contributed by atoms with E-state index in [4.69, 9.17) is 22.1 Å². The lowest BCUT2D eigenvalue weighted by Crippen LogP contribution is -2.50. The molecule has 1 aliphatic carbocycles. The summed E-state index contributed by atoms with van der Waals surface area (Å²) in [5.74, 6) is 0.504. The number of benzene rings is 1. The van der Waals surface area contributed by atoms with E-state index in [1.807, 2.05) is 0 Å². The van der Waals surface area contributed by atoms with Gasteiger partial charge >= 0.3 is 0 Å². The largest absolute Gasteiger partial charge is 0.484 e. The third kappa shape index (κ3) is 4.40. The summed E-state index contributed by atoms with van der Waals surface area (Å²) in [6.07, 6.45) is 4.20. The quantitative estimate of drug-likeness (QED) is 0.889. The van der Waals surface area contributed by atoms with Crippen LogP contribution in [0.15, 0.2) is 24.3 Å². The Kier molecular flexibility index (Phi) is 5.05. The number of nitrogens with two attached hydrogens (primary N) is 1. The van der Waals surface area contributed by atoms with Crippen molar-refractivity contribution >= 4 is 17.5 Å².